The Labute approximate surface area is 161 Å². The number of hydrogen-bond donors (Lipinski definition) is 0. The van der Waals surface area contributed by atoms with E-state index in [9.17, 15) is 9.59 Å². The Morgan fingerprint density at radius 1 is 1.00 bits per heavy atom. The Morgan fingerprint density at radius 2 is 1.69 bits per heavy atom. The second-order valence-corrected chi connectivity index (χ2v) is 8.70. The molecule has 26 heavy (non-hydrogen) atoms. The third kappa shape index (κ3) is 4.81. The van der Waals surface area contributed by atoms with Gasteiger partial charge in [-0.3, -0.25) is 9.59 Å². The van der Waals surface area contributed by atoms with Crippen molar-refractivity contribution in [1.29, 1.82) is 0 Å². The van der Waals surface area contributed by atoms with Gasteiger partial charge in [0.15, 0.2) is 0 Å². The normalized spacial score (nSPS) is 18.4. The maximum atomic E-state index is 12.5. The minimum Gasteiger partial charge on any atom is -0.343 e. The Morgan fingerprint density at radius 3 is 2.35 bits per heavy atom. The summed E-state index contributed by atoms with van der Waals surface area (Å²) in [6, 6.07) is 6.47. The molecule has 1 aromatic rings. The van der Waals surface area contributed by atoms with E-state index in [1.165, 1.54) is 16.0 Å². The molecule has 2 aliphatic rings. The lowest BCUT2D eigenvalue weighted by Gasteiger charge is -2.33. The van der Waals surface area contributed by atoms with Crippen LogP contribution in [-0.2, 0) is 9.59 Å². The molecule has 2 fully saturated rings. The second-order valence-electron chi connectivity index (χ2n) is 7.53. The maximum absolute atomic E-state index is 12.5. The van der Waals surface area contributed by atoms with Crippen molar-refractivity contribution in [2.24, 2.45) is 5.92 Å². The van der Waals surface area contributed by atoms with Gasteiger partial charge in [0.05, 0.1) is 0 Å². The predicted molar refractivity (Wildman–Crippen MR) is 106 cm³/mol. The number of benzene rings is 1. The molecule has 0 radical (unpaired) electrons. The van der Waals surface area contributed by atoms with Crippen molar-refractivity contribution in [3.63, 3.8) is 0 Å². The summed E-state index contributed by atoms with van der Waals surface area (Å²) >= 11 is 1.75. The van der Waals surface area contributed by atoms with Crippen molar-refractivity contribution in [3.05, 3.63) is 29.3 Å². The van der Waals surface area contributed by atoms with E-state index in [0.717, 1.165) is 57.6 Å². The molecule has 0 spiro atoms. The first-order chi connectivity index (χ1) is 12.5. The van der Waals surface area contributed by atoms with Crippen molar-refractivity contribution < 1.29 is 9.59 Å². The molecule has 4 nitrogen and oxygen atoms in total. The van der Waals surface area contributed by atoms with Gasteiger partial charge in [-0.1, -0.05) is 6.07 Å². The molecule has 142 valence electrons. The van der Waals surface area contributed by atoms with Crippen LogP contribution in [0.25, 0.3) is 0 Å². The van der Waals surface area contributed by atoms with Gasteiger partial charge in [-0.2, -0.15) is 0 Å². The molecule has 0 aromatic heterocycles. The van der Waals surface area contributed by atoms with Gasteiger partial charge in [0.2, 0.25) is 11.8 Å². The second kappa shape index (κ2) is 8.94. The van der Waals surface area contributed by atoms with E-state index in [2.05, 4.69) is 32.0 Å². The summed E-state index contributed by atoms with van der Waals surface area (Å²) in [6.07, 6.45) is 4.50. The van der Waals surface area contributed by atoms with Crippen molar-refractivity contribution >= 4 is 23.6 Å². The number of amides is 2. The fraction of sp³-hybridized carbons (Fsp3) is 0.619. The number of nitrogens with zero attached hydrogens (tertiary/aromatic N) is 2. The number of rotatable bonds is 5. The third-order valence-electron chi connectivity index (χ3n) is 5.68. The van der Waals surface area contributed by atoms with Gasteiger partial charge in [0.25, 0.3) is 0 Å². The van der Waals surface area contributed by atoms with Crippen LogP contribution in [0.15, 0.2) is 23.1 Å². The van der Waals surface area contributed by atoms with Crippen LogP contribution >= 0.6 is 11.8 Å². The summed E-state index contributed by atoms with van der Waals surface area (Å²) in [5.41, 5.74) is 2.60. The summed E-state index contributed by atoms with van der Waals surface area (Å²) in [7, 11) is 0. The molecule has 2 amide bonds. The first-order valence-electron chi connectivity index (χ1n) is 9.81. The highest BCUT2D eigenvalue weighted by molar-refractivity contribution is 7.99. The molecule has 0 unspecified atom stereocenters. The molecule has 0 aliphatic carbocycles. The van der Waals surface area contributed by atoms with Gasteiger partial charge in [-0.25, -0.2) is 0 Å². The zero-order chi connectivity index (χ0) is 18.5. The average Bonchev–Trinajstić information content (AvgIpc) is 3.19. The SMILES string of the molecule is Cc1ccc(SCCC(=O)N2CCC(C(=O)N3CCCC3)CC2)cc1C. The highest BCUT2D eigenvalue weighted by atomic mass is 32.2. The van der Waals surface area contributed by atoms with Crippen molar-refractivity contribution in [2.45, 2.75) is 50.8 Å². The molecule has 5 heteroatoms. The maximum Gasteiger partial charge on any atom is 0.225 e. The molecular formula is C21H30N2O2S. The van der Waals surface area contributed by atoms with Crippen LogP contribution in [0, 0.1) is 19.8 Å². The highest BCUT2D eigenvalue weighted by Gasteiger charge is 2.30. The molecule has 2 saturated heterocycles. The largest absolute Gasteiger partial charge is 0.343 e. The molecule has 3 rings (SSSR count). The van der Waals surface area contributed by atoms with E-state index in [1.807, 2.05) is 9.80 Å². The van der Waals surface area contributed by atoms with Gasteiger partial charge in [-0.15, -0.1) is 11.8 Å². The summed E-state index contributed by atoms with van der Waals surface area (Å²) < 4.78 is 0. The van der Waals surface area contributed by atoms with E-state index >= 15 is 0 Å². The number of carbonyl (C=O) groups excluding carboxylic acids is 2. The number of likely N-dealkylation sites (tertiary alicyclic amines) is 2. The van der Waals surface area contributed by atoms with Crippen molar-refractivity contribution in [1.82, 2.24) is 9.80 Å². The van der Waals surface area contributed by atoms with Crippen LogP contribution in [0.5, 0.6) is 0 Å². The van der Waals surface area contributed by atoms with E-state index in [0.29, 0.717) is 12.3 Å². The van der Waals surface area contributed by atoms with Crippen LogP contribution in [-0.4, -0.2) is 53.5 Å². The first-order valence-corrected chi connectivity index (χ1v) is 10.8. The van der Waals surface area contributed by atoms with E-state index in [4.69, 9.17) is 0 Å². The molecular weight excluding hydrogens is 344 g/mol. The smallest absolute Gasteiger partial charge is 0.225 e. The number of thioether (sulfide) groups is 1. The van der Waals surface area contributed by atoms with Gasteiger partial charge >= 0.3 is 0 Å². The van der Waals surface area contributed by atoms with Crippen LogP contribution in [0.2, 0.25) is 0 Å². The van der Waals surface area contributed by atoms with Crippen LogP contribution in [0.4, 0.5) is 0 Å². The minimum atomic E-state index is 0.127. The average molecular weight is 375 g/mol. The van der Waals surface area contributed by atoms with Gasteiger partial charge in [0, 0.05) is 49.2 Å². The quantitative estimate of drug-likeness (QED) is 0.739. The fourth-order valence-electron chi connectivity index (χ4n) is 3.79. The lowest BCUT2D eigenvalue weighted by Crippen LogP contribution is -2.43. The lowest BCUT2D eigenvalue weighted by molar-refractivity contribution is -0.139. The Balaban J connectivity index is 1.39. The van der Waals surface area contributed by atoms with E-state index in [1.54, 1.807) is 11.8 Å². The summed E-state index contributed by atoms with van der Waals surface area (Å²) in [5.74, 6) is 1.49. The number of carbonyl (C=O) groups is 2. The molecule has 0 bridgehead atoms. The van der Waals surface area contributed by atoms with Gasteiger partial charge in [0.1, 0.15) is 0 Å². The standard InChI is InChI=1S/C21H30N2O2S/c1-16-5-6-19(15-17(16)2)26-14-9-20(24)22-12-7-18(8-13-22)21(25)23-10-3-4-11-23/h5-6,15,18H,3-4,7-14H2,1-2H3. The van der Waals surface area contributed by atoms with E-state index < -0.39 is 0 Å². The van der Waals surface area contributed by atoms with Crippen molar-refractivity contribution in [3.8, 4) is 0 Å². The van der Waals surface area contributed by atoms with Crippen LogP contribution in [0.3, 0.4) is 0 Å². The first kappa shape index (κ1) is 19.3. The van der Waals surface area contributed by atoms with Crippen LogP contribution < -0.4 is 0 Å². The minimum absolute atomic E-state index is 0.127. The van der Waals surface area contributed by atoms with Gasteiger partial charge in [-0.05, 0) is 62.8 Å². The highest BCUT2D eigenvalue weighted by Crippen LogP contribution is 2.24. The molecule has 0 N–H and O–H groups in total. The third-order valence-corrected chi connectivity index (χ3v) is 6.67. The predicted octanol–water partition coefficient (Wildman–Crippen LogP) is 3.65. The summed E-state index contributed by atoms with van der Waals surface area (Å²) in [5, 5.41) is 0. The summed E-state index contributed by atoms with van der Waals surface area (Å²) in [4.78, 5) is 30.1. The fourth-order valence-corrected chi connectivity index (χ4v) is 4.73. The lowest BCUT2D eigenvalue weighted by atomic mass is 9.95. The molecule has 2 heterocycles. The number of hydrogen-bond acceptors (Lipinski definition) is 3. The van der Waals surface area contributed by atoms with Crippen molar-refractivity contribution in [2.75, 3.05) is 31.9 Å². The zero-order valence-corrected chi connectivity index (χ0v) is 16.8. The molecule has 0 atom stereocenters. The topological polar surface area (TPSA) is 40.6 Å². The number of piperidine rings is 1. The Kier molecular flexibility index (Phi) is 6.63. The molecule has 1 aromatic carbocycles. The number of aryl methyl sites for hydroxylation is 2. The molecule has 0 saturated carbocycles. The Bertz CT molecular complexity index is 647. The van der Waals surface area contributed by atoms with Crippen LogP contribution in [0.1, 0.15) is 43.2 Å². The monoisotopic (exact) mass is 374 g/mol. The zero-order valence-electron chi connectivity index (χ0n) is 16.0. The summed E-state index contributed by atoms with van der Waals surface area (Å²) in [6.45, 7) is 7.56. The van der Waals surface area contributed by atoms with Gasteiger partial charge < -0.3 is 9.80 Å². The molecule has 2 aliphatic heterocycles. The van der Waals surface area contributed by atoms with E-state index in [-0.39, 0.29) is 11.8 Å². The Hall–Kier alpha value is -1.49.